The van der Waals surface area contributed by atoms with Gasteiger partial charge in [-0.15, -0.1) is 0 Å². The van der Waals surface area contributed by atoms with Gasteiger partial charge in [-0.05, 0) is 104 Å². The summed E-state index contributed by atoms with van der Waals surface area (Å²) in [6, 6.07) is 13.0. The molecule has 1 atom stereocenters. The number of aromatic amines is 1. The molecule has 1 heterocycles. The number of nitrogens with one attached hydrogen (secondary N) is 4. The van der Waals surface area contributed by atoms with Crippen molar-refractivity contribution in [2.45, 2.75) is 44.4 Å². The van der Waals surface area contributed by atoms with Gasteiger partial charge >= 0.3 is 11.9 Å². The number of hydrogen-bond acceptors (Lipinski definition) is 6. The number of H-pyrrole nitrogens is 1. The molecule has 0 spiro atoms. The molecule has 3 aromatic carbocycles. The number of fused-ring (bicyclic) bond motifs is 1. The van der Waals surface area contributed by atoms with Crippen molar-refractivity contribution in [1.29, 1.82) is 0 Å². The molecule has 258 valence electrons. The van der Waals surface area contributed by atoms with Crippen LogP contribution in [-0.2, 0) is 4.79 Å². The van der Waals surface area contributed by atoms with Crippen molar-refractivity contribution >= 4 is 58.0 Å². The summed E-state index contributed by atoms with van der Waals surface area (Å²) in [5.74, 6) is -3.30. The zero-order valence-electron chi connectivity index (χ0n) is 27.0. The van der Waals surface area contributed by atoms with Crippen LogP contribution in [0.3, 0.4) is 0 Å². The Morgan fingerprint density at radius 2 is 1.44 bits per heavy atom. The minimum atomic E-state index is -1.37. The molecule has 4 aromatic rings. The lowest BCUT2D eigenvalue weighted by Crippen LogP contribution is -2.51. The molecule has 8 rings (SSSR count). The molecule has 0 saturated heterocycles. The highest BCUT2D eigenvalue weighted by molar-refractivity contribution is 6.31. The topological polar surface area (TPSA) is 191 Å². The third kappa shape index (κ3) is 6.67. The number of nitrogens with zero attached hydrogens (tertiary/aromatic N) is 1. The number of halogens is 1. The Bertz CT molecular complexity index is 1970. The van der Waals surface area contributed by atoms with Gasteiger partial charge in [0.2, 0.25) is 5.91 Å². The number of aromatic nitrogens is 2. The lowest BCUT2D eigenvalue weighted by Gasteiger charge is -2.56. The second kappa shape index (κ2) is 13.2. The van der Waals surface area contributed by atoms with Gasteiger partial charge in [-0.3, -0.25) is 14.4 Å². The van der Waals surface area contributed by atoms with Crippen LogP contribution in [0.15, 0.2) is 60.9 Å². The molecule has 0 aliphatic heterocycles. The van der Waals surface area contributed by atoms with E-state index in [4.69, 9.17) is 11.6 Å². The summed E-state index contributed by atoms with van der Waals surface area (Å²) in [5.41, 5.74) is 1.10. The van der Waals surface area contributed by atoms with E-state index in [0.29, 0.717) is 23.1 Å². The minimum absolute atomic E-state index is 0.0577. The van der Waals surface area contributed by atoms with E-state index < -0.39 is 29.7 Å². The Hall–Kier alpha value is -5.23. The lowest BCUT2D eigenvalue weighted by atomic mass is 9.49. The van der Waals surface area contributed by atoms with Crippen LogP contribution in [0.5, 0.6) is 0 Å². The molecule has 1 unspecified atom stereocenters. The third-order valence-electron chi connectivity index (χ3n) is 10.6. The zero-order chi connectivity index (χ0) is 35.2. The number of hydrogen-bond donors (Lipinski definition) is 6. The minimum Gasteiger partial charge on any atom is -0.478 e. The quantitative estimate of drug-likeness (QED) is 0.115. The highest BCUT2D eigenvalue weighted by Gasteiger charge is 2.50. The molecular formula is C37H36ClN5O7. The number of anilines is 1. The molecule has 6 N–H and O–H groups in total. The molecule has 4 aliphatic carbocycles. The number of carboxylic acids is 2. The highest BCUT2D eigenvalue weighted by Crippen LogP contribution is 2.59. The fraction of sp³-hybridized carbons (Fsp3) is 0.351. The van der Waals surface area contributed by atoms with Gasteiger partial charge in [0, 0.05) is 23.8 Å². The van der Waals surface area contributed by atoms with E-state index in [2.05, 4.69) is 25.9 Å². The van der Waals surface area contributed by atoms with Crippen molar-refractivity contribution in [1.82, 2.24) is 20.6 Å². The second-order valence-corrected chi connectivity index (χ2v) is 14.5. The molecule has 4 fully saturated rings. The van der Waals surface area contributed by atoms with Gasteiger partial charge in [0.25, 0.3) is 11.8 Å². The van der Waals surface area contributed by atoms with Crippen LogP contribution in [0.25, 0.3) is 11.0 Å². The molecule has 13 heteroatoms. The predicted molar refractivity (Wildman–Crippen MR) is 185 cm³/mol. The van der Waals surface area contributed by atoms with Gasteiger partial charge in [-0.25, -0.2) is 14.6 Å². The first kappa shape index (κ1) is 33.3. The van der Waals surface area contributed by atoms with Crippen LogP contribution >= 0.6 is 11.6 Å². The van der Waals surface area contributed by atoms with E-state index in [1.807, 2.05) is 0 Å². The van der Waals surface area contributed by atoms with Crippen LogP contribution in [0, 0.1) is 23.2 Å². The number of imidazole rings is 1. The van der Waals surface area contributed by atoms with Gasteiger partial charge in [0.05, 0.1) is 45.5 Å². The predicted octanol–water partition coefficient (Wildman–Crippen LogP) is 5.71. The molecule has 3 amide bonds. The van der Waals surface area contributed by atoms with Crippen LogP contribution in [0.4, 0.5) is 5.69 Å². The molecule has 0 radical (unpaired) electrons. The molecular weight excluding hydrogens is 662 g/mol. The van der Waals surface area contributed by atoms with E-state index in [9.17, 15) is 34.2 Å². The van der Waals surface area contributed by atoms with E-state index in [1.54, 1.807) is 30.3 Å². The first-order valence-electron chi connectivity index (χ1n) is 16.7. The first-order chi connectivity index (χ1) is 24.0. The summed E-state index contributed by atoms with van der Waals surface area (Å²) >= 11 is 6.49. The SMILES string of the molecule is O=C(O)c1cc(NC(=O)C(CNC(=O)c2cc3nc[nH]c3cc2C(=O)NCC23CC4CC(CC(C4)C2)C3)c2ccccc2Cl)cc(C(=O)O)c1. The molecule has 4 aliphatic rings. The lowest BCUT2D eigenvalue weighted by molar-refractivity contribution is -0.117. The maximum absolute atomic E-state index is 13.9. The van der Waals surface area contributed by atoms with Crippen molar-refractivity contribution in [2.24, 2.45) is 23.2 Å². The molecule has 4 saturated carbocycles. The highest BCUT2D eigenvalue weighted by atomic mass is 35.5. The van der Waals surface area contributed by atoms with Crippen molar-refractivity contribution in [2.75, 3.05) is 18.4 Å². The largest absolute Gasteiger partial charge is 0.478 e. The average molecular weight is 698 g/mol. The summed E-state index contributed by atoms with van der Waals surface area (Å²) < 4.78 is 0. The average Bonchev–Trinajstić information content (AvgIpc) is 3.54. The van der Waals surface area contributed by atoms with Crippen LogP contribution < -0.4 is 16.0 Å². The molecule has 1 aromatic heterocycles. The third-order valence-corrected chi connectivity index (χ3v) is 10.9. The maximum Gasteiger partial charge on any atom is 0.335 e. The Balaban J connectivity index is 1.12. The number of amides is 3. The van der Waals surface area contributed by atoms with E-state index in [-0.39, 0.29) is 50.8 Å². The monoisotopic (exact) mass is 697 g/mol. The molecule has 12 nitrogen and oxygen atoms in total. The fourth-order valence-corrected chi connectivity index (χ4v) is 9.06. The number of rotatable bonds is 11. The number of aromatic carboxylic acids is 2. The number of benzene rings is 3. The first-order valence-corrected chi connectivity index (χ1v) is 17.1. The Kier molecular flexibility index (Phi) is 8.81. The summed E-state index contributed by atoms with van der Waals surface area (Å²) in [6.45, 7) is 0.296. The molecule has 50 heavy (non-hydrogen) atoms. The van der Waals surface area contributed by atoms with Crippen LogP contribution in [-0.4, -0.2) is 62.9 Å². The zero-order valence-corrected chi connectivity index (χ0v) is 27.8. The summed E-state index contributed by atoms with van der Waals surface area (Å²) in [4.78, 5) is 72.0. The van der Waals surface area contributed by atoms with Gasteiger partial charge in [0.1, 0.15) is 0 Å². The summed E-state index contributed by atoms with van der Waals surface area (Å²) in [5, 5.41) is 27.8. The van der Waals surface area contributed by atoms with Crippen molar-refractivity contribution in [3.05, 3.63) is 93.8 Å². The van der Waals surface area contributed by atoms with Crippen molar-refractivity contribution in [3.8, 4) is 0 Å². The second-order valence-electron chi connectivity index (χ2n) is 14.1. The normalized spacial score (nSPS) is 22.5. The van der Waals surface area contributed by atoms with Crippen molar-refractivity contribution < 1.29 is 34.2 Å². The number of carbonyl (C=O) groups excluding carboxylic acids is 3. The van der Waals surface area contributed by atoms with Gasteiger partial charge in [-0.1, -0.05) is 29.8 Å². The Labute approximate surface area is 292 Å². The van der Waals surface area contributed by atoms with E-state index >= 15 is 0 Å². The fourth-order valence-electron chi connectivity index (χ4n) is 8.79. The number of carbonyl (C=O) groups is 5. The summed E-state index contributed by atoms with van der Waals surface area (Å²) in [6.07, 6.45) is 8.72. The van der Waals surface area contributed by atoms with Gasteiger partial charge < -0.3 is 31.1 Å². The summed E-state index contributed by atoms with van der Waals surface area (Å²) in [7, 11) is 0. The Morgan fingerprint density at radius 1 is 0.840 bits per heavy atom. The van der Waals surface area contributed by atoms with E-state index in [1.165, 1.54) is 31.7 Å². The van der Waals surface area contributed by atoms with Crippen molar-refractivity contribution in [3.63, 3.8) is 0 Å². The maximum atomic E-state index is 13.9. The standard InChI is InChI=1S/C37H36ClN5O7/c38-29-4-2-1-3-25(29)28(34(46)43-24-9-22(35(47)48)8-23(10-24)36(49)50)16-39-32(44)26-11-30-31(42-18-41-30)12-27(26)33(45)40-17-37-13-19-5-20(14-37)7-21(6-19)15-37/h1-4,8-12,18-21,28H,5-7,13-17H2,(H,39,44)(H,40,45)(H,41,42)(H,43,46)(H,47,48)(H,49,50). The van der Waals surface area contributed by atoms with Crippen LogP contribution in [0.2, 0.25) is 5.02 Å². The number of carboxylic acid groups (broad SMARTS) is 2. The van der Waals surface area contributed by atoms with Gasteiger partial charge in [0.15, 0.2) is 0 Å². The molecule has 4 bridgehead atoms. The van der Waals surface area contributed by atoms with Crippen LogP contribution in [0.1, 0.15) is 91.4 Å². The van der Waals surface area contributed by atoms with Gasteiger partial charge in [-0.2, -0.15) is 0 Å². The Morgan fingerprint density at radius 3 is 2.06 bits per heavy atom. The van der Waals surface area contributed by atoms with E-state index in [0.717, 1.165) is 55.2 Å². The smallest absolute Gasteiger partial charge is 0.335 e.